The second kappa shape index (κ2) is 10.8. The second-order valence-corrected chi connectivity index (χ2v) is 6.08. The molecule has 2 aromatic rings. The number of nitrogens with zero attached hydrogens (tertiary/aromatic N) is 2. The molecule has 8 heteroatoms. The first kappa shape index (κ1) is 21.1. The lowest BCUT2D eigenvalue weighted by atomic mass is 10.2. The maximum atomic E-state index is 13.5. The van der Waals surface area contributed by atoms with Crippen LogP contribution in [0.15, 0.2) is 46.0 Å². The van der Waals surface area contributed by atoms with Crippen LogP contribution >= 0.6 is 51.5 Å². The fourth-order valence-electron chi connectivity index (χ4n) is 1.94. The molecule has 130 valence electrons. The monoisotopic (exact) mass is 526 g/mol. The third kappa shape index (κ3) is 6.90. The Labute approximate surface area is 171 Å². The van der Waals surface area contributed by atoms with Crippen LogP contribution in [0.5, 0.6) is 0 Å². The van der Waals surface area contributed by atoms with Crippen LogP contribution in [-0.4, -0.2) is 24.5 Å². The number of aromatic nitrogens is 1. The van der Waals surface area contributed by atoms with Crippen LogP contribution in [-0.2, 0) is 13.0 Å². The van der Waals surface area contributed by atoms with Gasteiger partial charge < -0.3 is 10.6 Å². The molecule has 0 radical (unpaired) electrons. The summed E-state index contributed by atoms with van der Waals surface area (Å²) in [5.74, 6) is 0.387. The van der Waals surface area contributed by atoms with Gasteiger partial charge in [-0.3, -0.25) is 4.99 Å². The first-order chi connectivity index (χ1) is 11.1. The summed E-state index contributed by atoms with van der Waals surface area (Å²) < 4.78 is 13.9. The number of guanidine groups is 1. The molecule has 2 rings (SSSR count). The molecule has 4 nitrogen and oxygen atoms in total. The van der Waals surface area contributed by atoms with Gasteiger partial charge in [0.15, 0.2) is 5.96 Å². The fraction of sp³-hybridized carbons (Fsp3) is 0.250. The molecule has 0 unspecified atom stereocenters. The number of halogens is 4. The highest BCUT2D eigenvalue weighted by atomic mass is 127. The predicted octanol–water partition coefficient (Wildman–Crippen LogP) is 4.16. The molecule has 24 heavy (non-hydrogen) atoms. The van der Waals surface area contributed by atoms with Gasteiger partial charge in [-0.15, -0.1) is 24.0 Å². The quantitative estimate of drug-likeness (QED) is 0.266. The molecule has 0 spiro atoms. The lowest BCUT2D eigenvalue weighted by Gasteiger charge is -2.12. The highest BCUT2D eigenvalue weighted by molar-refractivity contribution is 14.0. The molecular formula is C16H18BrClFIN4. The average molecular weight is 528 g/mol. The summed E-state index contributed by atoms with van der Waals surface area (Å²) in [5.41, 5.74) is 1.93. The van der Waals surface area contributed by atoms with E-state index in [9.17, 15) is 4.39 Å². The molecule has 0 saturated carbocycles. The van der Waals surface area contributed by atoms with Crippen molar-refractivity contribution in [3.63, 3.8) is 0 Å². The summed E-state index contributed by atoms with van der Waals surface area (Å²) in [4.78, 5) is 8.18. The Morgan fingerprint density at radius 3 is 2.62 bits per heavy atom. The maximum Gasteiger partial charge on any atom is 0.191 e. The summed E-state index contributed by atoms with van der Waals surface area (Å²) in [5, 5.41) is 6.84. The van der Waals surface area contributed by atoms with Crippen LogP contribution in [0, 0.1) is 5.82 Å². The summed E-state index contributed by atoms with van der Waals surface area (Å²) in [6, 6.07) is 8.75. The minimum absolute atomic E-state index is 0. The van der Waals surface area contributed by atoms with E-state index in [1.807, 2.05) is 12.1 Å². The van der Waals surface area contributed by atoms with Crippen LogP contribution in [0.3, 0.4) is 0 Å². The van der Waals surface area contributed by atoms with E-state index in [1.54, 1.807) is 25.4 Å². The number of aliphatic imine (C=N–C) groups is 1. The zero-order valence-corrected chi connectivity index (χ0v) is 17.7. The first-order valence-electron chi connectivity index (χ1n) is 7.07. The van der Waals surface area contributed by atoms with E-state index in [-0.39, 0.29) is 29.8 Å². The van der Waals surface area contributed by atoms with E-state index in [0.29, 0.717) is 28.7 Å². The molecule has 0 aliphatic heterocycles. The number of hydrogen-bond acceptors (Lipinski definition) is 2. The minimum Gasteiger partial charge on any atom is -0.356 e. The van der Waals surface area contributed by atoms with Gasteiger partial charge in [0.2, 0.25) is 0 Å². The van der Waals surface area contributed by atoms with Gasteiger partial charge >= 0.3 is 0 Å². The van der Waals surface area contributed by atoms with E-state index >= 15 is 0 Å². The van der Waals surface area contributed by atoms with Crippen LogP contribution in [0.2, 0.25) is 5.15 Å². The van der Waals surface area contributed by atoms with Gasteiger partial charge in [0, 0.05) is 26.3 Å². The molecule has 0 aliphatic rings. The van der Waals surface area contributed by atoms with Crippen LogP contribution in [0.1, 0.15) is 11.1 Å². The molecule has 1 heterocycles. The largest absolute Gasteiger partial charge is 0.356 e. The van der Waals surface area contributed by atoms with Crippen molar-refractivity contribution in [2.24, 2.45) is 4.99 Å². The Hall–Kier alpha value is -0.930. The Bertz CT molecular complexity index is 682. The summed E-state index contributed by atoms with van der Waals surface area (Å²) in [6.07, 6.45) is 2.56. The van der Waals surface area contributed by atoms with Crippen LogP contribution < -0.4 is 10.6 Å². The molecule has 0 saturated heterocycles. The molecule has 0 aliphatic carbocycles. The zero-order chi connectivity index (χ0) is 16.7. The molecule has 0 atom stereocenters. The van der Waals surface area contributed by atoms with Gasteiger partial charge in [0.05, 0.1) is 4.47 Å². The molecule has 2 N–H and O–H groups in total. The molecule has 0 amide bonds. The van der Waals surface area contributed by atoms with Crippen molar-refractivity contribution in [1.29, 1.82) is 0 Å². The van der Waals surface area contributed by atoms with Crippen molar-refractivity contribution in [3.8, 4) is 0 Å². The molecular weight excluding hydrogens is 509 g/mol. The second-order valence-electron chi connectivity index (χ2n) is 4.84. The lowest BCUT2D eigenvalue weighted by molar-refractivity contribution is 0.617. The summed E-state index contributed by atoms with van der Waals surface area (Å²) >= 11 is 8.89. The van der Waals surface area contributed by atoms with Gasteiger partial charge in [-0.2, -0.15) is 0 Å². The van der Waals surface area contributed by atoms with Gasteiger partial charge in [-0.1, -0.05) is 23.7 Å². The molecule has 1 aromatic carbocycles. The minimum atomic E-state index is -0.275. The standard InChI is InChI=1S/C16H17BrClFN4.HI/c1-20-16(21-7-6-11-3-5-15(18)22-9-11)23-10-12-2-4-13(17)14(19)8-12;/h2-5,8-9H,6-7,10H2,1H3,(H2,20,21,23);1H. The van der Waals surface area contributed by atoms with E-state index in [4.69, 9.17) is 11.6 Å². The maximum absolute atomic E-state index is 13.5. The third-order valence-corrected chi connectivity index (χ3v) is 4.03. The van der Waals surface area contributed by atoms with Crippen molar-refractivity contribution in [2.45, 2.75) is 13.0 Å². The van der Waals surface area contributed by atoms with E-state index in [2.05, 4.69) is 36.5 Å². The topological polar surface area (TPSA) is 49.3 Å². The zero-order valence-electron chi connectivity index (χ0n) is 13.0. The Morgan fingerprint density at radius 1 is 1.25 bits per heavy atom. The number of hydrogen-bond donors (Lipinski definition) is 2. The van der Waals surface area contributed by atoms with Gasteiger partial charge in [0.25, 0.3) is 0 Å². The van der Waals surface area contributed by atoms with Crippen molar-refractivity contribution in [2.75, 3.05) is 13.6 Å². The van der Waals surface area contributed by atoms with Crippen molar-refractivity contribution < 1.29 is 4.39 Å². The van der Waals surface area contributed by atoms with E-state index in [1.165, 1.54) is 6.07 Å². The first-order valence-corrected chi connectivity index (χ1v) is 8.24. The van der Waals surface area contributed by atoms with E-state index < -0.39 is 0 Å². The molecule has 0 fully saturated rings. The predicted molar refractivity (Wildman–Crippen MR) is 111 cm³/mol. The number of rotatable bonds is 5. The smallest absolute Gasteiger partial charge is 0.191 e. The number of pyridine rings is 1. The number of benzene rings is 1. The molecule has 1 aromatic heterocycles. The average Bonchev–Trinajstić information content (AvgIpc) is 2.55. The third-order valence-electron chi connectivity index (χ3n) is 3.16. The Morgan fingerprint density at radius 2 is 2.00 bits per heavy atom. The van der Waals surface area contributed by atoms with Gasteiger partial charge in [0.1, 0.15) is 11.0 Å². The number of nitrogens with one attached hydrogen (secondary N) is 2. The van der Waals surface area contributed by atoms with Gasteiger partial charge in [-0.25, -0.2) is 9.37 Å². The van der Waals surface area contributed by atoms with Crippen molar-refractivity contribution in [3.05, 3.63) is 63.1 Å². The lowest BCUT2D eigenvalue weighted by Crippen LogP contribution is -2.37. The SMILES string of the molecule is CN=C(NCCc1ccc(Cl)nc1)NCc1ccc(Br)c(F)c1.I. The highest BCUT2D eigenvalue weighted by Crippen LogP contribution is 2.16. The normalized spacial score (nSPS) is 10.9. The summed E-state index contributed by atoms with van der Waals surface area (Å²) in [6.45, 7) is 1.20. The highest BCUT2D eigenvalue weighted by Gasteiger charge is 2.02. The van der Waals surface area contributed by atoms with Crippen LogP contribution in [0.4, 0.5) is 4.39 Å². The summed E-state index contributed by atoms with van der Waals surface area (Å²) in [7, 11) is 1.70. The van der Waals surface area contributed by atoms with E-state index in [0.717, 1.165) is 17.5 Å². The van der Waals surface area contributed by atoms with Crippen molar-refractivity contribution in [1.82, 2.24) is 15.6 Å². The Balaban J connectivity index is 0.00000288. The van der Waals surface area contributed by atoms with Crippen LogP contribution in [0.25, 0.3) is 0 Å². The Kier molecular flexibility index (Phi) is 9.53. The van der Waals surface area contributed by atoms with Gasteiger partial charge in [-0.05, 0) is 51.7 Å². The molecule has 0 bridgehead atoms. The fourth-order valence-corrected chi connectivity index (χ4v) is 2.29. The van der Waals surface area contributed by atoms with Crippen molar-refractivity contribution >= 4 is 57.5 Å².